The van der Waals surface area contributed by atoms with Crippen molar-refractivity contribution in [3.8, 4) is 16.9 Å². The average molecular weight is 499 g/mol. The molecule has 1 aliphatic rings. The van der Waals surface area contributed by atoms with Gasteiger partial charge < -0.3 is 5.11 Å². The van der Waals surface area contributed by atoms with Gasteiger partial charge in [0.15, 0.2) is 0 Å². The first-order valence-corrected chi connectivity index (χ1v) is 13.3. The minimum absolute atomic E-state index is 0.293. The number of phenols is 1. The molecule has 6 aromatic rings. The quantitative estimate of drug-likeness (QED) is 0.256. The van der Waals surface area contributed by atoms with Crippen LogP contribution in [0.1, 0.15) is 27.8 Å². The molecule has 1 N–H and O–H groups in total. The van der Waals surface area contributed by atoms with E-state index in [1.165, 1.54) is 33.4 Å². The topological polar surface area (TPSA) is 20.2 Å². The molecule has 0 bridgehead atoms. The Bertz CT molecular complexity index is 1840. The van der Waals surface area contributed by atoms with Crippen molar-refractivity contribution >= 4 is 33.6 Å². The molecule has 0 saturated carbocycles. The zero-order chi connectivity index (χ0) is 26.2. The van der Waals surface area contributed by atoms with Crippen molar-refractivity contribution in [1.82, 2.24) is 0 Å². The minimum Gasteiger partial charge on any atom is -0.507 e. The summed E-state index contributed by atoms with van der Waals surface area (Å²) in [6.45, 7) is 0. The van der Waals surface area contributed by atoms with Crippen LogP contribution >= 0.6 is 0 Å². The van der Waals surface area contributed by atoms with Gasteiger partial charge in [0.1, 0.15) is 5.75 Å². The third kappa shape index (κ3) is 3.96. The van der Waals surface area contributed by atoms with Crippen LogP contribution in [0.5, 0.6) is 5.75 Å². The molecule has 0 unspecified atom stereocenters. The van der Waals surface area contributed by atoms with Crippen molar-refractivity contribution in [1.29, 1.82) is 0 Å². The number of rotatable bonds is 4. The molecule has 1 aliphatic carbocycles. The minimum atomic E-state index is 0.293. The number of hydrogen-bond acceptors (Lipinski definition) is 1. The Morgan fingerprint density at radius 3 is 1.69 bits per heavy atom. The molecule has 0 spiro atoms. The number of allylic oxidation sites excluding steroid dienone is 2. The largest absolute Gasteiger partial charge is 0.507 e. The van der Waals surface area contributed by atoms with Crippen molar-refractivity contribution in [2.24, 2.45) is 0 Å². The second kappa shape index (κ2) is 9.63. The van der Waals surface area contributed by atoms with Crippen molar-refractivity contribution in [2.75, 3.05) is 0 Å². The second-order valence-electron chi connectivity index (χ2n) is 9.86. The highest BCUT2D eigenvalue weighted by atomic mass is 16.3. The van der Waals surface area contributed by atoms with Gasteiger partial charge in [-0.25, -0.2) is 0 Å². The average Bonchev–Trinajstić information content (AvgIpc) is 3.37. The lowest BCUT2D eigenvalue weighted by Gasteiger charge is -2.21. The molecule has 1 nitrogen and oxygen atoms in total. The van der Waals surface area contributed by atoms with E-state index in [4.69, 9.17) is 0 Å². The third-order valence-electron chi connectivity index (χ3n) is 7.55. The van der Waals surface area contributed by atoms with Crippen LogP contribution < -0.4 is 0 Å². The lowest BCUT2D eigenvalue weighted by atomic mass is 9.82. The summed E-state index contributed by atoms with van der Waals surface area (Å²) in [5, 5.41) is 13.0. The van der Waals surface area contributed by atoms with Gasteiger partial charge >= 0.3 is 0 Å². The van der Waals surface area contributed by atoms with E-state index in [9.17, 15) is 5.11 Å². The fraction of sp³-hybridized carbons (Fsp3) is 0. The molecule has 39 heavy (non-hydrogen) atoms. The fourth-order valence-corrected chi connectivity index (χ4v) is 5.85. The Morgan fingerprint density at radius 2 is 1.03 bits per heavy atom. The number of fused-ring (bicyclic) bond motifs is 2. The van der Waals surface area contributed by atoms with Crippen LogP contribution in [0.4, 0.5) is 0 Å². The van der Waals surface area contributed by atoms with Crippen LogP contribution in [0.25, 0.3) is 44.7 Å². The summed E-state index contributed by atoms with van der Waals surface area (Å²) >= 11 is 0. The number of phenolic OH excluding ortho intramolecular Hbond substituents is 1. The van der Waals surface area contributed by atoms with Crippen molar-refractivity contribution < 1.29 is 5.11 Å². The van der Waals surface area contributed by atoms with Crippen molar-refractivity contribution in [3.63, 3.8) is 0 Å². The Hall–Kier alpha value is -5.14. The molecule has 6 aromatic carbocycles. The molecule has 1 heteroatoms. The van der Waals surface area contributed by atoms with E-state index in [1.54, 1.807) is 0 Å². The van der Waals surface area contributed by atoms with Crippen LogP contribution in [-0.2, 0) is 0 Å². The van der Waals surface area contributed by atoms with Crippen LogP contribution in [0.2, 0.25) is 0 Å². The summed E-state index contributed by atoms with van der Waals surface area (Å²) in [5.74, 6) is 0.293. The lowest BCUT2D eigenvalue weighted by molar-refractivity contribution is 0.482. The van der Waals surface area contributed by atoms with E-state index in [0.29, 0.717) is 5.75 Å². The summed E-state index contributed by atoms with van der Waals surface area (Å²) < 4.78 is 0. The highest BCUT2D eigenvalue weighted by molar-refractivity contribution is 6.29. The monoisotopic (exact) mass is 498 g/mol. The van der Waals surface area contributed by atoms with Gasteiger partial charge in [-0.2, -0.15) is 0 Å². The number of aromatic hydroxyl groups is 1. The molecular formula is C38H26O. The zero-order valence-corrected chi connectivity index (χ0v) is 21.4. The highest BCUT2D eigenvalue weighted by Crippen LogP contribution is 2.51. The van der Waals surface area contributed by atoms with Gasteiger partial charge in [0.25, 0.3) is 0 Å². The van der Waals surface area contributed by atoms with Crippen LogP contribution in [0, 0.1) is 0 Å². The molecule has 0 aromatic heterocycles. The Morgan fingerprint density at radius 1 is 0.487 bits per heavy atom. The maximum Gasteiger partial charge on any atom is 0.124 e. The Labute approximate surface area is 228 Å². The van der Waals surface area contributed by atoms with Crippen molar-refractivity contribution in [2.45, 2.75) is 0 Å². The van der Waals surface area contributed by atoms with E-state index in [-0.39, 0.29) is 0 Å². The van der Waals surface area contributed by atoms with Gasteiger partial charge in [-0.1, -0.05) is 140 Å². The maximum atomic E-state index is 11.2. The first-order valence-electron chi connectivity index (χ1n) is 13.3. The normalized spacial score (nSPS) is 12.3. The molecule has 0 aliphatic heterocycles. The van der Waals surface area contributed by atoms with Gasteiger partial charge in [-0.05, 0) is 73.2 Å². The van der Waals surface area contributed by atoms with E-state index in [0.717, 1.165) is 33.0 Å². The standard InChI is InChI=1S/C38H26O/c39-35-25-33(26-14-4-1-5-15-26)37(32-23-13-12-22-31(32)35)34-24-29-20-10-11-21-30(29)38(34)36(27-16-6-2-7-17-27)28-18-8-3-9-19-28/h1-25,39H. The van der Waals surface area contributed by atoms with Gasteiger partial charge in [-0.15, -0.1) is 0 Å². The SMILES string of the molecule is Oc1cc(-c2ccccc2)c(C2=Cc3ccccc3C2=C(c2ccccc2)c2ccccc2)c2ccccc12. The molecule has 0 heterocycles. The van der Waals surface area contributed by atoms with Crippen molar-refractivity contribution in [3.05, 3.63) is 173 Å². The molecule has 7 rings (SSSR count). The smallest absolute Gasteiger partial charge is 0.124 e. The summed E-state index contributed by atoms with van der Waals surface area (Å²) in [5.41, 5.74) is 11.5. The summed E-state index contributed by atoms with van der Waals surface area (Å²) in [7, 11) is 0. The predicted octanol–water partition coefficient (Wildman–Crippen LogP) is 9.73. The molecule has 0 fully saturated rings. The zero-order valence-electron chi connectivity index (χ0n) is 21.4. The Balaban J connectivity index is 1.64. The fourth-order valence-electron chi connectivity index (χ4n) is 5.85. The highest BCUT2D eigenvalue weighted by Gasteiger charge is 2.28. The summed E-state index contributed by atoms with van der Waals surface area (Å²) in [6, 6.07) is 50.5. The maximum absolute atomic E-state index is 11.2. The van der Waals surface area contributed by atoms with E-state index in [2.05, 4.69) is 127 Å². The summed E-state index contributed by atoms with van der Waals surface area (Å²) in [4.78, 5) is 0. The van der Waals surface area contributed by atoms with Crippen LogP contribution in [-0.4, -0.2) is 5.11 Å². The predicted molar refractivity (Wildman–Crippen MR) is 164 cm³/mol. The molecule has 0 saturated heterocycles. The summed E-state index contributed by atoms with van der Waals surface area (Å²) in [6.07, 6.45) is 2.32. The molecule has 0 radical (unpaired) electrons. The second-order valence-corrected chi connectivity index (χ2v) is 9.86. The van der Waals surface area contributed by atoms with E-state index in [1.807, 2.05) is 24.3 Å². The van der Waals surface area contributed by atoms with Gasteiger partial charge in [0.2, 0.25) is 0 Å². The third-order valence-corrected chi connectivity index (χ3v) is 7.55. The van der Waals surface area contributed by atoms with Crippen LogP contribution in [0.15, 0.2) is 146 Å². The van der Waals surface area contributed by atoms with Gasteiger partial charge in [0.05, 0.1) is 0 Å². The van der Waals surface area contributed by atoms with E-state index >= 15 is 0 Å². The molecule has 184 valence electrons. The van der Waals surface area contributed by atoms with E-state index < -0.39 is 0 Å². The number of hydrogen-bond donors (Lipinski definition) is 1. The first-order chi connectivity index (χ1) is 19.3. The molecule has 0 atom stereocenters. The molecule has 0 amide bonds. The lowest BCUT2D eigenvalue weighted by Crippen LogP contribution is -1.98. The number of benzene rings is 6. The Kier molecular flexibility index (Phi) is 5.68. The van der Waals surface area contributed by atoms with Gasteiger partial charge in [-0.3, -0.25) is 0 Å². The van der Waals surface area contributed by atoms with Crippen LogP contribution in [0.3, 0.4) is 0 Å². The first kappa shape index (κ1) is 23.0. The molecular weight excluding hydrogens is 472 g/mol. The van der Waals surface area contributed by atoms with Gasteiger partial charge in [0, 0.05) is 5.39 Å².